The molecule has 22 heavy (non-hydrogen) atoms. The molecule has 4 N–H and O–H groups in total. The van der Waals surface area contributed by atoms with E-state index in [0.717, 1.165) is 11.3 Å². The van der Waals surface area contributed by atoms with Crippen molar-refractivity contribution in [1.29, 1.82) is 0 Å². The molecule has 1 aromatic rings. The number of hydrogen-bond donors (Lipinski definition) is 3. The van der Waals surface area contributed by atoms with Gasteiger partial charge in [0.25, 0.3) is 0 Å². The van der Waals surface area contributed by atoms with Crippen molar-refractivity contribution in [2.24, 2.45) is 5.73 Å². The zero-order valence-corrected chi connectivity index (χ0v) is 13.4. The maximum Gasteiger partial charge on any atom is 0.408 e. The molecular formula is C15H24N2O5. The number of benzene rings is 1. The fourth-order valence-electron chi connectivity index (χ4n) is 1.33. The highest BCUT2D eigenvalue weighted by molar-refractivity contribution is 5.76. The third kappa shape index (κ3) is 9.60. The largest absolute Gasteiger partial charge is 0.496 e. The average Bonchev–Trinajstić information content (AvgIpc) is 2.44. The molecule has 0 spiro atoms. The van der Waals surface area contributed by atoms with Crippen LogP contribution in [0.1, 0.15) is 26.3 Å². The molecular weight excluding hydrogens is 288 g/mol. The van der Waals surface area contributed by atoms with Gasteiger partial charge in [-0.1, -0.05) is 18.2 Å². The van der Waals surface area contributed by atoms with Crippen molar-refractivity contribution in [2.45, 2.75) is 32.9 Å². The predicted molar refractivity (Wildman–Crippen MR) is 82.8 cm³/mol. The van der Waals surface area contributed by atoms with Crippen molar-refractivity contribution >= 4 is 12.1 Å². The van der Waals surface area contributed by atoms with Crippen molar-refractivity contribution in [3.63, 3.8) is 0 Å². The number of ether oxygens (including phenoxy) is 2. The molecule has 0 fully saturated rings. The number of aliphatic carboxylic acids is 1. The summed E-state index contributed by atoms with van der Waals surface area (Å²) >= 11 is 0. The Bertz CT molecular complexity index is 460. The SMILES string of the molecule is CC(C)(C)OC(=O)NCC(=O)O.COc1ccccc1CN. The quantitative estimate of drug-likeness (QED) is 0.781. The predicted octanol–water partition coefficient (Wildman–Crippen LogP) is 1.75. The number of rotatable bonds is 4. The molecule has 0 aliphatic rings. The van der Waals surface area contributed by atoms with Crippen LogP contribution in [0.4, 0.5) is 4.79 Å². The summed E-state index contributed by atoms with van der Waals surface area (Å²) in [6, 6.07) is 7.74. The summed E-state index contributed by atoms with van der Waals surface area (Å²) in [4.78, 5) is 20.8. The van der Waals surface area contributed by atoms with Crippen LogP contribution >= 0.6 is 0 Å². The first-order chi connectivity index (χ1) is 10.2. The lowest BCUT2D eigenvalue weighted by Crippen LogP contribution is -2.35. The highest BCUT2D eigenvalue weighted by Gasteiger charge is 2.16. The molecule has 0 aliphatic carbocycles. The summed E-state index contributed by atoms with van der Waals surface area (Å²) in [6.07, 6.45) is -0.718. The van der Waals surface area contributed by atoms with Crippen molar-refractivity contribution in [2.75, 3.05) is 13.7 Å². The Morgan fingerprint density at radius 1 is 1.27 bits per heavy atom. The molecule has 7 heteroatoms. The molecule has 0 saturated carbocycles. The van der Waals surface area contributed by atoms with E-state index < -0.39 is 24.2 Å². The van der Waals surface area contributed by atoms with E-state index in [1.165, 1.54) is 0 Å². The highest BCUT2D eigenvalue weighted by atomic mass is 16.6. The Morgan fingerprint density at radius 3 is 2.27 bits per heavy atom. The Labute approximate surface area is 130 Å². The first kappa shape index (κ1) is 19.7. The first-order valence-electron chi connectivity index (χ1n) is 6.70. The van der Waals surface area contributed by atoms with Crippen LogP contribution < -0.4 is 15.8 Å². The van der Waals surface area contributed by atoms with Gasteiger partial charge in [-0.05, 0) is 26.8 Å². The number of carboxylic acid groups (broad SMARTS) is 1. The number of nitrogens with one attached hydrogen (secondary N) is 1. The number of carbonyl (C=O) groups excluding carboxylic acids is 1. The van der Waals surface area contributed by atoms with Gasteiger partial charge < -0.3 is 25.6 Å². The maximum atomic E-state index is 10.8. The topological polar surface area (TPSA) is 111 Å². The van der Waals surface area contributed by atoms with Gasteiger partial charge in [0, 0.05) is 12.1 Å². The number of nitrogens with two attached hydrogens (primary N) is 1. The number of amides is 1. The number of para-hydroxylation sites is 1. The smallest absolute Gasteiger partial charge is 0.408 e. The van der Waals surface area contributed by atoms with Gasteiger partial charge in [0.1, 0.15) is 17.9 Å². The monoisotopic (exact) mass is 312 g/mol. The summed E-state index contributed by atoms with van der Waals surface area (Å²) in [7, 11) is 1.65. The molecule has 1 amide bonds. The Kier molecular flexibility index (Phi) is 8.62. The van der Waals surface area contributed by atoms with E-state index in [2.05, 4.69) is 5.32 Å². The molecule has 0 aromatic heterocycles. The minimum Gasteiger partial charge on any atom is -0.496 e. The molecule has 7 nitrogen and oxygen atoms in total. The summed E-state index contributed by atoms with van der Waals surface area (Å²) in [5.74, 6) is -0.231. The maximum absolute atomic E-state index is 10.8. The molecule has 0 atom stereocenters. The highest BCUT2D eigenvalue weighted by Crippen LogP contribution is 2.15. The lowest BCUT2D eigenvalue weighted by molar-refractivity contribution is -0.136. The van der Waals surface area contributed by atoms with E-state index in [0.29, 0.717) is 6.54 Å². The molecule has 0 saturated heterocycles. The first-order valence-corrected chi connectivity index (χ1v) is 6.70. The van der Waals surface area contributed by atoms with Crippen molar-refractivity contribution in [3.8, 4) is 5.75 Å². The third-order valence-corrected chi connectivity index (χ3v) is 2.20. The van der Waals surface area contributed by atoms with Crippen molar-refractivity contribution < 1.29 is 24.2 Å². The molecule has 0 radical (unpaired) electrons. The number of carboxylic acids is 1. The van der Waals surface area contributed by atoms with E-state index in [1.807, 2.05) is 24.3 Å². The standard InChI is InChI=1S/C8H11NO.C7H13NO4/c1-10-8-5-3-2-4-7(8)6-9;1-7(2,3)12-6(11)8-4-5(9)10/h2-5H,6,9H2,1H3;4H2,1-3H3,(H,8,11)(H,9,10). The Balaban J connectivity index is 0.000000406. The molecule has 0 heterocycles. The van der Waals surface area contributed by atoms with Crippen LogP contribution in [-0.2, 0) is 16.1 Å². The minimum atomic E-state index is -1.10. The van der Waals surface area contributed by atoms with Gasteiger partial charge in [-0.2, -0.15) is 0 Å². The van der Waals surface area contributed by atoms with Crippen LogP contribution in [0.15, 0.2) is 24.3 Å². The van der Waals surface area contributed by atoms with Gasteiger partial charge in [-0.3, -0.25) is 4.79 Å². The van der Waals surface area contributed by atoms with Crippen LogP contribution in [0.2, 0.25) is 0 Å². The lowest BCUT2D eigenvalue weighted by atomic mass is 10.2. The van der Waals surface area contributed by atoms with E-state index in [1.54, 1.807) is 27.9 Å². The van der Waals surface area contributed by atoms with Gasteiger partial charge in [-0.15, -0.1) is 0 Å². The fourth-order valence-corrected chi connectivity index (χ4v) is 1.33. The molecule has 0 unspecified atom stereocenters. The van der Waals surface area contributed by atoms with Crippen LogP contribution in [-0.4, -0.2) is 36.4 Å². The molecule has 0 aliphatic heterocycles. The zero-order chi connectivity index (χ0) is 17.2. The van der Waals surface area contributed by atoms with Gasteiger partial charge in [-0.25, -0.2) is 4.79 Å². The Morgan fingerprint density at radius 2 is 1.86 bits per heavy atom. The number of carbonyl (C=O) groups is 2. The van der Waals surface area contributed by atoms with Crippen LogP contribution in [0.5, 0.6) is 5.75 Å². The van der Waals surface area contributed by atoms with Gasteiger partial charge in [0.15, 0.2) is 0 Å². The Hall–Kier alpha value is -2.28. The molecule has 0 bridgehead atoms. The molecule has 124 valence electrons. The average molecular weight is 312 g/mol. The minimum absolute atomic E-state index is 0.422. The normalized spacial score (nSPS) is 10.0. The van der Waals surface area contributed by atoms with Gasteiger partial charge in [0.05, 0.1) is 7.11 Å². The zero-order valence-electron chi connectivity index (χ0n) is 13.4. The summed E-state index contributed by atoms with van der Waals surface area (Å²) in [5, 5.41) is 10.3. The lowest BCUT2D eigenvalue weighted by Gasteiger charge is -2.19. The molecule has 1 aromatic carbocycles. The second kappa shape index (κ2) is 9.62. The van der Waals surface area contributed by atoms with Crippen LogP contribution in [0.25, 0.3) is 0 Å². The second-order valence-corrected chi connectivity index (χ2v) is 5.27. The number of alkyl carbamates (subject to hydrolysis) is 1. The van der Waals surface area contributed by atoms with E-state index in [9.17, 15) is 9.59 Å². The van der Waals surface area contributed by atoms with E-state index >= 15 is 0 Å². The summed E-state index contributed by atoms with van der Waals surface area (Å²) < 4.78 is 9.83. The fraction of sp³-hybridized carbons (Fsp3) is 0.467. The summed E-state index contributed by atoms with van der Waals surface area (Å²) in [5.41, 5.74) is 5.90. The number of methoxy groups -OCH3 is 1. The van der Waals surface area contributed by atoms with Crippen molar-refractivity contribution in [3.05, 3.63) is 29.8 Å². The van der Waals surface area contributed by atoms with E-state index in [-0.39, 0.29) is 0 Å². The van der Waals surface area contributed by atoms with Crippen molar-refractivity contribution in [1.82, 2.24) is 5.32 Å². The van der Waals surface area contributed by atoms with Crippen LogP contribution in [0, 0.1) is 0 Å². The van der Waals surface area contributed by atoms with Gasteiger partial charge in [0.2, 0.25) is 0 Å². The summed E-state index contributed by atoms with van der Waals surface area (Å²) in [6.45, 7) is 5.22. The van der Waals surface area contributed by atoms with E-state index in [4.69, 9.17) is 20.3 Å². The van der Waals surface area contributed by atoms with Crippen LogP contribution in [0.3, 0.4) is 0 Å². The number of hydrogen-bond acceptors (Lipinski definition) is 5. The second-order valence-electron chi connectivity index (χ2n) is 5.27. The third-order valence-electron chi connectivity index (χ3n) is 2.20. The molecule has 1 rings (SSSR count). The van der Waals surface area contributed by atoms with Gasteiger partial charge >= 0.3 is 12.1 Å².